The molecule has 2 aliphatic heterocycles. The van der Waals surface area contributed by atoms with Gasteiger partial charge in [-0.25, -0.2) is 21.8 Å². The van der Waals surface area contributed by atoms with Gasteiger partial charge in [0.2, 0.25) is 15.9 Å². The zero-order chi connectivity index (χ0) is 25.5. The Kier molecular flexibility index (Phi) is 6.79. The zero-order valence-corrected chi connectivity index (χ0v) is 22.4. The fourth-order valence-electron chi connectivity index (χ4n) is 4.72. The lowest BCUT2D eigenvalue weighted by Crippen LogP contribution is -2.52. The maximum atomic E-state index is 13.2. The van der Waals surface area contributed by atoms with E-state index in [0.717, 1.165) is 34.7 Å². The number of para-hydroxylation sites is 1. The average molecular weight is 549 g/mol. The summed E-state index contributed by atoms with van der Waals surface area (Å²) < 4.78 is 51.9. The molecule has 0 N–H and O–H groups in total. The third kappa shape index (κ3) is 4.99. The molecule has 12 heteroatoms. The van der Waals surface area contributed by atoms with Gasteiger partial charge in [-0.3, -0.25) is 4.79 Å². The van der Waals surface area contributed by atoms with E-state index in [0.29, 0.717) is 25.9 Å². The first-order valence-electron chi connectivity index (χ1n) is 11.8. The Morgan fingerprint density at radius 1 is 0.861 bits per heavy atom. The molecule has 2 aromatic carbocycles. The molecule has 0 aliphatic carbocycles. The van der Waals surface area contributed by atoms with Crippen LogP contribution in [0.25, 0.3) is 10.2 Å². The van der Waals surface area contributed by atoms with Crippen molar-refractivity contribution in [3.8, 4) is 0 Å². The van der Waals surface area contributed by atoms with Crippen molar-refractivity contribution in [3.05, 3.63) is 48.5 Å². The van der Waals surface area contributed by atoms with Gasteiger partial charge < -0.3 is 9.80 Å². The normalized spacial score (nSPS) is 18.6. The van der Waals surface area contributed by atoms with Crippen LogP contribution >= 0.6 is 11.3 Å². The molecule has 36 heavy (non-hydrogen) atoms. The predicted molar refractivity (Wildman–Crippen MR) is 139 cm³/mol. The van der Waals surface area contributed by atoms with Crippen LogP contribution in [0, 0.1) is 5.92 Å². The Bertz CT molecular complexity index is 1440. The molecule has 0 atom stereocenters. The summed E-state index contributed by atoms with van der Waals surface area (Å²) in [6, 6.07) is 13.3. The molecule has 2 fully saturated rings. The summed E-state index contributed by atoms with van der Waals surface area (Å²) in [5.41, 5.74) is 0.990. The van der Waals surface area contributed by atoms with Crippen molar-refractivity contribution in [1.29, 1.82) is 0 Å². The number of fused-ring (bicyclic) bond motifs is 1. The van der Waals surface area contributed by atoms with Crippen molar-refractivity contribution >= 4 is 52.5 Å². The SMILES string of the molecule is CS(=O)(=O)c1ccc(S(=O)(=O)N2CCC(C(=O)N3CCN(c4nc5ccccc5s4)CC3)CC2)cc1. The van der Waals surface area contributed by atoms with E-state index in [4.69, 9.17) is 4.98 Å². The number of thiazole rings is 1. The van der Waals surface area contributed by atoms with E-state index in [1.807, 2.05) is 23.1 Å². The summed E-state index contributed by atoms with van der Waals surface area (Å²) in [4.78, 5) is 22.1. The van der Waals surface area contributed by atoms with Crippen molar-refractivity contribution in [2.45, 2.75) is 22.6 Å². The Balaban J connectivity index is 1.16. The number of nitrogens with zero attached hydrogens (tertiary/aromatic N) is 4. The number of carbonyl (C=O) groups excluding carboxylic acids is 1. The number of hydrogen-bond donors (Lipinski definition) is 0. The molecular formula is C24H28N4O5S3. The lowest BCUT2D eigenvalue weighted by Gasteiger charge is -2.38. The summed E-state index contributed by atoms with van der Waals surface area (Å²) >= 11 is 1.66. The highest BCUT2D eigenvalue weighted by Gasteiger charge is 2.35. The number of amides is 1. The Hall–Kier alpha value is -2.54. The van der Waals surface area contributed by atoms with Gasteiger partial charge in [0, 0.05) is 51.4 Å². The van der Waals surface area contributed by atoms with Gasteiger partial charge in [-0.1, -0.05) is 23.5 Å². The first-order chi connectivity index (χ1) is 17.1. The van der Waals surface area contributed by atoms with E-state index in [1.54, 1.807) is 11.3 Å². The Morgan fingerprint density at radius 3 is 2.08 bits per heavy atom. The largest absolute Gasteiger partial charge is 0.345 e. The highest BCUT2D eigenvalue weighted by molar-refractivity contribution is 7.90. The fourth-order valence-corrected chi connectivity index (χ4v) is 7.84. The van der Waals surface area contributed by atoms with E-state index in [9.17, 15) is 21.6 Å². The van der Waals surface area contributed by atoms with E-state index in [1.165, 1.54) is 28.6 Å². The van der Waals surface area contributed by atoms with Crippen molar-refractivity contribution < 1.29 is 21.6 Å². The van der Waals surface area contributed by atoms with E-state index in [2.05, 4.69) is 11.0 Å². The number of rotatable bonds is 5. The molecule has 2 saturated heterocycles. The predicted octanol–water partition coefficient (Wildman–Crippen LogP) is 2.45. The summed E-state index contributed by atoms with van der Waals surface area (Å²) in [6.45, 7) is 3.22. The minimum Gasteiger partial charge on any atom is -0.345 e. The third-order valence-electron chi connectivity index (χ3n) is 6.84. The lowest BCUT2D eigenvalue weighted by molar-refractivity contribution is -0.137. The van der Waals surface area contributed by atoms with Crippen LogP contribution in [0.4, 0.5) is 5.13 Å². The third-order valence-corrected chi connectivity index (χ3v) is 11.0. The molecule has 3 heterocycles. The van der Waals surface area contributed by atoms with Gasteiger partial charge in [-0.2, -0.15) is 4.31 Å². The maximum absolute atomic E-state index is 13.2. The average Bonchev–Trinajstić information content (AvgIpc) is 3.32. The smallest absolute Gasteiger partial charge is 0.243 e. The molecule has 0 radical (unpaired) electrons. The number of benzene rings is 2. The summed E-state index contributed by atoms with van der Waals surface area (Å²) in [5.74, 6) is -0.105. The van der Waals surface area contributed by atoms with Crippen molar-refractivity contribution in [3.63, 3.8) is 0 Å². The highest BCUT2D eigenvalue weighted by atomic mass is 32.2. The zero-order valence-electron chi connectivity index (χ0n) is 19.9. The monoisotopic (exact) mass is 548 g/mol. The molecular weight excluding hydrogens is 520 g/mol. The quantitative estimate of drug-likeness (QED) is 0.482. The van der Waals surface area contributed by atoms with E-state index >= 15 is 0 Å². The van der Waals surface area contributed by atoms with Crippen LogP contribution in [0.5, 0.6) is 0 Å². The number of sulfone groups is 1. The second-order valence-electron chi connectivity index (χ2n) is 9.20. The molecule has 1 aromatic heterocycles. The summed E-state index contributed by atoms with van der Waals surface area (Å²) in [5, 5.41) is 0.978. The molecule has 9 nitrogen and oxygen atoms in total. The van der Waals surface area contributed by atoms with Crippen LogP contribution < -0.4 is 4.90 Å². The number of carbonyl (C=O) groups is 1. The minimum absolute atomic E-state index is 0.0608. The first kappa shape index (κ1) is 25.1. The summed E-state index contributed by atoms with van der Waals surface area (Å²) in [6.07, 6.45) is 2.02. The maximum Gasteiger partial charge on any atom is 0.243 e. The van der Waals surface area contributed by atoms with Crippen LogP contribution in [0.3, 0.4) is 0 Å². The first-order valence-corrected chi connectivity index (χ1v) is 16.0. The standard InChI is InChI=1S/C24H28N4O5S3/c1-35(30,31)19-6-8-20(9-7-19)36(32,33)28-12-10-18(11-13-28)23(29)26-14-16-27(17-15-26)24-25-21-4-2-3-5-22(21)34-24/h2-9,18H,10-17H2,1H3. The van der Waals surface area contributed by atoms with Crippen LogP contribution in [0.15, 0.2) is 58.3 Å². The molecule has 5 rings (SSSR count). The van der Waals surface area contributed by atoms with Crippen LogP contribution in [-0.2, 0) is 24.7 Å². The molecule has 2 aliphatic rings. The minimum atomic E-state index is -3.75. The van der Waals surface area contributed by atoms with Crippen LogP contribution in [-0.4, -0.2) is 82.5 Å². The molecule has 192 valence electrons. The van der Waals surface area contributed by atoms with Gasteiger partial charge >= 0.3 is 0 Å². The fraction of sp³-hybridized carbons (Fsp3) is 0.417. The summed E-state index contributed by atoms with van der Waals surface area (Å²) in [7, 11) is -7.15. The number of piperazine rings is 1. The molecule has 1 amide bonds. The van der Waals surface area contributed by atoms with Crippen LogP contribution in [0.2, 0.25) is 0 Å². The topological polar surface area (TPSA) is 108 Å². The van der Waals surface area contributed by atoms with Gasteiger partial charge in [0.1, 0.15) is 0 Å². The van der Waals surface area contributed by atoms with Gasteiger partial charge in [0.15, 0.2) is 15.0 Å². The van der Waals surface area contributed by atoms with Crippen molar-refractivity contribution in [2.75, 3.05) is 50.4 Å². The number of sulfonamides is 1. The van der Waals surface area contributed by atoms with Crippen molar-refractivity contribution in [2.24, 2.45) is 5.92 Å². The molecule has 0 bridgehead atoms. The molecule has 3 aromatic rings. The van der Waals surface area contributed by atoms with Crippen molar-refractivity contribution in [1.82, 2.24) is 14.2 Å². The Morgan fingerprint density at radius 2 is 1.47 bits per heavy atom. The Labute approximate surface area is 215 Å². The lowest BCUT2D eigenvalue weighted by atomic mass is 9.96. The number of aromatic nitrogens is 1. The van der Waals surface area contributed by atoms with Crippen LogP contribution in [0.1, 0.15) is 12.8 Å². The second-order valence-corrected chi connectivity index (χ2v) is 14.2. The second kappa shape index (κ2) is 9.73. The molecule has 0 spiro atoms. The number of piperidine rings is 1. The number of anilines is 1. The van der Waals surface area contributed by atoms with E-state index < -0.39 is 19.9 Å². The molecule has 0 saturated carbocycles. The van der Waals surface area contributed by atoms with Gasteiger partial charge in [0.25, 0.3) is 0 Å². The van der Waals surface area contributed by atoms with E-state index in [-0.39, 0.29) is 34.7 Å². The van der Waals surface area contributed by atoms with Gasteiger partial charge in [-0.15, -0.1) is 0 Å². The van der Waals surface area contributed by atoms with Gasteiger partial charge in [0.05, 0.1) is 20.0 Å². The number of hydrogen-bond acceptors (Lipinski definition) is 8. The highest BCUT2D eigenvalue weighted by Crippen LogP contribution is 2.30. The molecule has 0 unspecified atom stereocenters. The van der Waals surface area contributed by atoms with Gasteiger partial charge in [-0.05, 0) is 49.2 Å².